The van der Waals surface area contributed by atoms with Crippen molar-refractivity contribution in [1.29, 1.82) is 0 Å². The first-order valence-electron chi connectivity index (χ1n) is 6.41. The summed E-state index contributed by atoms with van der Waals surface area (Å²) in [5, 5.41) is 0. The summed E-state index contributed by atoms with van der Waals surface area (Å²) in [7, 11) is 1.77. The van der Waals surface area contributed by atoms with Crippen molar-refractivity contribution in [2.45, 2.75) is 26.8 Å². The highest BCUT2D eigenvalue weighted by Crippen LogP contribution is 2.19. The molecule has 0 aliphatic heterocycles. The average Bonchev–Trinajstić information content (AvgIpc) is 2.39. The Kier molecular flexibility index (Phi) is 3.58. The summed E-state index contributed by atoms with van der Waals surface area (Å²) in [6, 6.07) is 9.47. The summed E-state index contributed by atoms with van der Waals surface area (Å²) in [6.07, 6.45) is 0. The molecular formula is C16H20N2O. The quantitative estimate of drug-likeness (QED) is 0.896. The van der Waals surface area contributed by atoms with E-state index in [2.05, 4.69) is 19.9 Å². The molecule has 1 atom stereocenters. The van der Waals surface area contributed by atoms with Gasteiger partial charge in [-0.05, 0) is 49.6 Å². The minimum Gasteiger partial charge on any atom is -0.320 e. The summed E-state index contributed by atoms with van der Waals surface area (Å²) >= 11 is 0. The maximum Gasteiger partial charge on any atom is 0.255 e. The van der Waals surface area contributed by atoms with Gasteiger partial charge in [0.2, 0.25) is 0 Å². The monoisotopic (exact) mass is 256 g/mol. The summed E-state index contributed by atoms with van der Waals surface area (Å²) < 4.78 is 1.64. The van der Waals surface area contributed by atoms with Gasteiger partial charge in [0.05, 0.1) is 6.04 Å². The fraction of sp³-hybridized carbons (Fsp3) is 0.312. The van der Waals surface area contributed by atoms with E-state index in [0.29, 0.717) is 5.56 Å². The van der Waals surface area contributed by atoms with E-state index >= 15 is 0 Å². The van der Waals surface area contributed by atoms with Crippen molar-refractivity contribution in [3.8, 4) is 0 Å². The summed E-state index contributed by atoms with van der Waals surface area (Å²) in [6.45, 7) is 6.03. The van der Waals surface area contributed by atoms with Crippen LogP contribution in [0.5, 0.6) is 0 Å². The van der Waals surface area contributed by atoms with Gasteiger partial charge in [-0.15, -0.1) is 0 Å². The van der Waals surface area contributed by atoms with E-state index in [9.17, 15) is 4.79 Å². The maximum atomic E-state index is 12.2. The van der Waals surface area contributed by atoms with Crippen LogP contribution in [0.2, 0.25) is 0 Å². The number of nitrogens with two attached hydrogens (primary N) is 1. The van der Waals surface area contributed by atoms with Crippen LogP contribution >= 0.6 is 0 Å². The molecule has 3 heteroatoms. The lowest BCUT2D eigenvalue weighted by Crippen LogP contribution is -2.28. The molecule has 0 saturated heterocycles. The van der Waals surface area contributed by atoms with Crippen LogP contribution in [0.3, 0.4) is 0 Å². The number of hydrogen-bond acceptors (Lipinski definition) is 2. The predicted molar refractivity (Wildman–Crippen MR) is 78.4 cm³/mol. The van der Waals surface area contributed by atoms with Gasteiger partial charge in [-0.2, -0.15) is 0 Å². The summed E-state index contributed by atoms with van der Waals surface area (Å²) in [4.78, 5) is 12.2. The van der Waals surface area contributed by atoms with Gasteiger partial charge >= 0.3 is 0 Å². The molecule has 2 rings (SSSR count). The molecule has 1 aromatic carbocycles. The minimum atomic E-state index is -0.376. The zero-order valence-electron chi connectivity index (χ0n) is 11.9. The van der Waals surface area contributed by atoms with E-state index in [1.54, 1.807) is 11.6 Å². The highest BCUT2D eigenvalue weighted by atomic mass is 16.1. The smallest absolute Gasteiger partial charge is 0.255 e. The Morgan fingerprint density at radius 2 is 1.74 bits per heavy atom. The van der Waals surface area contributed by atoms with E-state index in [0.717, 1.165) is 11.3 Å². The van der Waals surface area contributed by atoms with E-state index in [4.69, 9.17) is 5.73 Å². The second-order valence-electron chi connectivity index (χ2n) is 5.12. The first kappa shape index (κ1) is 13.6. The Morgan fingerprint density at radius 3 is 2.37 bits per heavy atom. The second-order valence-corrected chi connectivity index (χ2v) is 5.12. The third kappa shape index (κ3) is 2.47. The highest BCUT2D eigenvalue weighted by Gasteiger charge is 2.14. The molecule has 1 unspecified atom stereocenters. The van der Waals surface area contributed by atoms with Crippen molar-refractivity contribution in [3.05, 3.63) is 68.6 Å². The first-order chi connectivity index (χ1) is 8.91. The number of nitrogens with zero attached hydrogens (tertiary/aromatic N) is 1. The largest absolute Gasteiger partial charge is 0.320 e. The zero-order chi connectivity index (χ0) is 14.2. The zero-order valence-corrected chi connectivity index (χ0v) is 11.9. The Hall–Kier alpha value is -1.87. The Balaban J connectivity index is 2.50. The van der Waals surface area contributed by atoms with Gasteiger partial charge in [-0.3, -0.25) is 4.79 Å². The molecule has 2 N–H and O–H groups in total. The predicted octanol–water partition coefficient (Wildman–Crippen LogP) is 2.36. The van der Waals surface area contributed by atoms with Crippen molar-refractivity contribution in [2.24, 2.45) is 12.8 Å². The molecule has 0 saturated carbocycles. The van der Waals surface area contributed by atoms with Crippen LogP contribution in [0.1, 0.15) is 34.0 Å². The van der Waals surface area contributed by atoms with Gasteiger partial charge in [-0.25, -0.2) is 0 Å². The highest BCUT2D eigenvalue weighted by molar-refractivity contribution is 5.36. The summed E-state index contributed by atoms with van der Waals surface area (Å²) in [5.74, 6) is 0. The second kappa shape index (κ2) is 5.02. The Morgan fingerprint density at radius 1 is 1.05 bits per heavy atom. The molecule has 0 aliphatic rings. The number of hydrogen-bond donors (Lipinski definition) is 1. The molecule has 19 heavy (non-hydrogen) atoms. The molecule has 0 radical (unpaired) electrons. The van der Waals surface area contributed by atoms with Gasteiger partial charge < -0.3 is 10.3 Å². The van der Waals surface area contributed by atoms with Crippen molar-refractivity contribution >= 4 is 0 Å². The van der Waals surface area contributed by atoms with Crippen molar-refractivity contribution < 1.29 is 0 Å². The van der Waals surface area contributed by atoms with Crippen LogP contribution in [0, 0.1) is 20.8 Å². The molecule has 0 amide bonds. The Labute approximate surface area is 113 Å². The van der Waals surface area contributed by atoms with E-state index in [1.165, 1.54) is 11.1 Å². The van der Waals surface area contributed by atoms with Gasteiger partial charge in [0, 0.05) is 18.3 Å². The minimum absolute atomic E-state index is 0.0225. The molecule has 0 aliphatic carbocycles. The fourth-order valence-corrected chi connectivity index (χ4v) is 2.12. The van der Waals surface area contributed by atoms with Gasteiger partial charge in [-0.1, -0.05) is 18.2 Å². The van der Waals surface area contributed by atoms with Crippen LogP contribution < -0.4 is 11.3 Å². The molecule has 0 fully saturated rings. The van der Waals surface area contributed by atoms with Crippen LogP contribution in [0.15, 0.2) is 35.1 Å². The molecule has 1 aromatic heterocycles. The van der Waals surface area contributed by atoms with E-state index in [1.807, 2.05) is 31.2 Å². The Bertz CT molecular complexity index is 671. The molecule has 100 valence electrons. The third-order valence-electron chi connectivity index (χ3n) is 3.81. The number of benzene rings is 1. The molecular weight excluding hydrogens is 236 g/mol. The lowest BCUT2D eigenvalue weighted by atomic mass is 9.97. The molecule has 0 spiro atoms. The maximum absolute atomic E-state index is 12.2. The molecule has 3 nitrogen and oxygen atoms in total. The van der Waals surface area contributed by atoms with Crippen molar-refractivity contribution in [2.75, 3.05) is 0 Å². The first-order valence-corrected chi connectivity index (χ1v) is 6.41. The fourth-order valence-electron chi connectivity index (χ4n) is 2.12. The van der Waals surface area contributed by atoms with Gasteiger partial charge in [0.25, 0.3) is 5.56 Å². The van der Waals surface area contributed by atoms with E-state index in [-0.39, 0.29) is 11.6 Å². The van der Waals surface area contributed by atoms with Crippen LogP contribution in [-0.2, 0) is 7.05 Å². The van der Waals surface area contributed by atoms with Gasteiger partial charge in [0.15, 0.2) is 0 Å². The number of aryl methyl sites for hydroxylation is 3. The van der Waals surface area contributed by atoms with Crippen molar-refractivity contribution in [1.82, 2.24) is 4.57 Å². The van der Waals surface area contributed by atoms with Crippen LogP contribution in [0.4, 0.5) is 0 Å². The molecule has 0 bridgehead atoms. The number of rotatable bonds is 2. The SMILES string of the molecule is Cc1ccc(C(N)c2ccc(C)n(C)c2=O)cc1C. The molecule has 1 heterocycles. The summed E-state index contributed by atoms with van der Waals surface area (Å²) in [5.41, 5.74) is 11.2. The molecule has 2 aromatic rings. The average molecular weight is 256 g/mol. The lowest BCUT2D eigenvalue weighted by Gasteiger charge is -2.15. The third-order valence-corrected chi connectivity index (χ3v) is 3.81. The standard InChI is InChI=1S/C16H20N2O/c1-10-5-7-13(9-11(10)2)15(17)14-8-6-12(3)18(4)16(14)19/h5-9,15H,17H2,1-4H3. The topological polar surface area (TPSA) is 48.0 Å². The normalized spacial score (nSPS) is 12.5. The van der Waals surface area contributed by atoms with E-state index < -0.39 is 0 Å². The van der Waals surface area contributed by atoms with Crippen LogP contribution in [0.25, 0.3) is 0 Å². The lowest BCUT2D eigenvalue weighted by molar-refractivity contribution is 0.762. The number of pyridine rings is 1. The van der Waals surface area contributed by atoms with Gasteiger partial charge in [0.1, 0.15) is 0 Å². The van der Waals surface area contributed by atoms with Crippen LogP contribution in [-0.4, -0.2) is 4.57 Å². The number of aromatic nitrogens is 1. The van der Waals surface area contributed by atoms with Crippen molar-refractivity contribution in [3.63, 3.8) is 0 Å².